The molecular weight excluding hydrogens is 245 g/mol. The summed E-state index contributed by atoms with van der Waals surface area (Å²) in [6, 6.07) is 0. The fourth-order valence-corrected chi connectivity index (χ4v) is 3.08. The molecule has 0 saturated carbocycles. The van der Waals surface area contributed by atoms with Gasteiger partial charge in [-0.15, -0.1) is 0 Å². The summed E-state index contributed by atoms with van der Waals surface area (Å²) in [6.45, 7) is 7.71. The maximum absolute atomic E-state index is 11.6. The number of carbonyl (C=O) groups is 2. The Kier molecular flexibility index (Phi) is 6.05. The molecule has 0 aromatic carbocycles. The van der Waals surface area contributed by atoms with E-state index in [1.807, 2.05) is 20.8 Å². The number of imide groups is 1. The van der Waals surface area contributed by atoms with Gasteiger partial charge in [0.05, 0.1) is 0 Å². The normalized spacial score (nSPS) is 11.1. The predicted molar refractivity (Wildman–Crippen MR) is 58.5 cm³/mol. The van der Waals surface area contributed by atoms with Crippen LogP contribution in [-0.2, 0) is 4.79 Å². The molecule has 0 aromatic rings. The summed E-state index contributed by atoms with van der Waals surface area (Å²) in [5.74, 6) is 0. The van der Waals surface area contributed by atoms with Gasteiger partial charge in [-0.25, -0.2) is 0 Å². The van der Waals surface area contributed by atoms with Gasteiger partial charge in [0, 0.05) is 0 Å². The number of nitrogens with zero attached hydrogens (tertiary/aromatic N) is 1. The molecule has 0 aliphatic heterocycles. The van der Waals surface area contributed by atoms with E-state index in [1.165, 1.54) is 4.90 Å². The minimum absolute atomic E-state index is 0.00606. The molecule has 0 unspecified atom stereocenters. The van der Waals surface area contributed by atoms with E-state index in [4.69, 9.17) is 0 Å². The van der Waals surface area contributed by atoms with Crippen molar-refractivity contribution in [3.8, 4) is 0 Å². The van der Waals surface area contributed by atoms with Crippen LogP contribution < -0.4 is 0 Å². The predicted octanol–water partition coefficient (Wildman–Crippen LogP) is 2.29. The van der Waals surface area contributed by atoms with Crippen molar-refractivity contribution in [3.63, 3.8) is 0 Å². The zero-order valence-corrected chi connectivity index (χ0v) is 11.1. The molecule has 0 radical (unpaired) electrons. The molecule has 2 amide bonds. The van der Waals surface area contributed by atoms with Gasteiger partial charge >= 0.3 is 92.1 Å². The zero-order chi connectivity index (χ0) is 11.2. The summed E-state index contributed by atoms with van der Waals surface area (Å²) >= 11 is -0.0792. The fraction of sp³-hybridized carbons (Fsp3) is 0.800. The standard InChI is InChI=1S/C10H19NO2Se/c1-5-6-7-14-9(13)11(8-12)10(2,3)4/h8H,5-7H2,1-4H3. The van der Waals surface area contributed by atoms with Crippen LogP contribution in [0.25, 0.3) is 0 Å². The third-order valence-corrected chi connectivity index (χ3v) is 3.71. The fourth-order valence-electron chi connectivity index (χ4n) is 0.848. The van der Waals surface area contributed by atoms with Crippen molar-refractivity contribution in [2.45, 2.75) is 51.4 Å². The van der Waals surface area contributed by atoms with E-state index in [-0.39, 0.29) is 25.3 Å². The van der Waals surface area contributed by atoms with Crippen LogP contribution in [0.2, 0.25) is 5.32 Å². The molecule has 0 saturated heterocycles. The van der Waals surface area contributed by atoms with Crippen molar-refractivity contribution in [1.82, 2.24) is 4.90 Å². The van der Waals surface area contributed by atoms with E-state index in [0.29, 0.717) is 6.41 Å². The molecule has 0 N–H and O–H groups in total. The Morgan fingerprint density at radius 3 is 2.36 bits per heavy atom. The van der Waals surface area contributed by atoms with Gasteiger partial charge in [-0.05, 0) is 0 Å². The summed E-state index contributed by atoms with van der Waals surface area (Å²) < 4.78 is 0. The van der Waals surface area contributed by atoms with Gasteiger partial charge in [-0.1, -0.05) is 0 Å². The van der Waals surface area contributed by atoms with Gasteiger partial charge in [-0.2, -0.15) is 0 Å². The van der Waals surface area contributed by atoms with Crippen molar-refractivity contribution in [2.24, 2.45) is 0 Å². The van der Waals surface area contributed by atoms with Gasteiger partial charge in [-0.3, -0.25) is 0 Å². The average molecular weight is 264 g/mol. The molecule has 0 aromatic heterocycles. The van der Waals surface area contributed by atoms with Gasteiger partial charge < -0.3 is 0 Å². The first-order chi connectivity index (χ1) is 6.43. The molecule has 0 fully saturated rings. The summed E-state index contributed by atoms with van der Waals surface area (Å²) in [4.78, 5) is 23.7. The Hall–Kier alpha value is -0.341. The van der Waals surface area contributed by atoms with Crippen LogP contribution in [0, 0.1) is 0 Å². The third kappa shape index (κ3) is 4.77. The van der Waals surface area contributed by atoms with Crippen molar-refractivity contribution in [1.29, 1.82) is 0 Å². The van der Waals surface area contributed by atoms with Crippen LogP contribution in [0.4, 0.5) is 4.79 Å². The second-order valence-corrected chi connectivity index (χ2v) is 6.31. The van der Waals surface area contributed by atoms with Crippen molar-refractivity contribution in [3.05, 3.63) is 0 Å². The van der Waals surface area contributed by atoms with Crippen LogP contribution in [0.3, 0.4) is 0 Å². The summed E-state index contributed by atoms with van der Waals surface area (Å²) in [6.07, 6.45) is 2.82. The van der Waals surface area contributed by atoms with Crippen molar-refractivity contribution >= 4 is 26.2 Å². The van der Waals surface area contributed by atoms with Crippen LogP contribution in [-0.4, -0.2) is 36.6 Å². The van der Waals surface area contributed by atoms with Crippen LogP contribution in [0.5, 0.6) is 0 Å². The topological polar surface area (TPSA) is 37.4 Å². The molecule has 0 bridgehead atoms. The van der Waals surface area contributed by atoms with Gasteiger partial charge in [0.25, 0.3) is 0 Å². The second-order valence-electron chi connectivity index (χ2n) is 4.11. The molecule has 0 heterocycles. The Morgan fingerprint density at radius 1 is 1.43 bits per heavy atom. The Balaban J connectivity index is 4.13. The maximum atomic E-state index is 11.6. The molecule has 0 aliphatic carbocycles. The van der Waals surface area contributed by atoms with Gasteiger partial charge in [0.2, 0.25) is 0 Å². The third-order valence-electron chi connectivity index (χ3n) is 1.75. The van der Waals surface area contributed by atoms with E-state index in [2.05, 4.69) is 6.92 Å². The summed E-state index contributed by atoms with van der Waals surface area (Å²) in [5.41, 5.74) is -0.382. The molecule has 0 aliphatic rings. The van der Waals surface area contributed by atoms with Gasteiger partial charge in [0.1, 0.15) is 0 Å². The van der Waals surface area contributed by atoms with Crippen LogP contribution in [0.15, 0.2) is 0 Å². The first kappa shape index (κ1) is 13.7. The number of unbranched alkanes of at least 4 members (excludes halogenated alkanes) is 1. The number of hydrogen-bond acceptors (Lipinski definition) is 2. The Morgan fingerprint density at radius 2 is 2.00 bits per heavy atom. The minimum atomic E-state index is -0.382. The Bertz CT molecular complexity index is 199. The van der Waals surface area contributed by atoms with Crippen molar-refractivity contribution < 1.29 is 9.59 Å². The first-order valence-electron chi connectivity index (χ1n) is 4.85. The van der Waals surface area contributed by atoms with Crippen LogP contribution >= 0.6 is 0 Å². The van der Waals surface area contributed by atoms with E-state index >= 15 is 0 Å². The van der Waals surface area contributed by atoms with E-state index in [1.54, 1.807) is 0 Å². The van der Waals surface area contributed by atoms with E-state index in [0.717, 1.165) is 18.2 Å². The molecular formula is C10H19NO2Se. The molecule has 3 nitrogen and oxygen atoms in total. The molecule has 0 atom stereocenters. The molecule has 0 rings (SSSR count). The number of carbonyl (C=O) groups excluding carboxylic acids is 2. The summed E-state index contributed by atoms with van der Waals surface area (Å²) in [5, 5.41) is 0.933. The SMILES string of the molecule is CCCC[Se]C(=O)N(C=O)C(C)(C)C. The van der Waals surface area contributed by atoms with Crippen molar-refractivity contribution in [2.75, 3.05) is 0 Å². The Labute approximate surface area is 92.4 Å². The molecule has 0 spiro atoms. The molecule has 14 heavy (non-hydrogen) atoms. The number of amides is 2. The molecule has 82 valence electrons. The zero-order valence-electron chi connectivity index (χ0n) is 9.37. The second kappa shape index (κ2) is 6.20. The number of hydrogen-bond donors (Lipinski definition) is 0. The quantitative estimate of drug-likeness (QED) is 0.434. The molecule has 4 heteroatoms. The van der Waals surface area contributed by atoms with Gasteiger partial charge in [0.15, 0.2) is 0 Å². The monoisotopic (exact) mass is 265 g/mol. The van der Waals surface area contributed by atoms with Crippen LogP contribution in [0.1, 0.15) is 40.5 Å². The summed E-state index contributed by atoms with van der Waals surface area (Å²) in [7, 11) is 0. The van der Waals surface area contributed by atoms with E-state index in [9.17, 15) is 9.59 Å². The first-order valence-corrected chi connectivity index (χ1v) is 6.91. The number of rotatable bonds is 5. The average Bonchev–Trinajstić information content (AvgIpc) is 2.03. The van der Waals surface area contributed by atoms with E-state index < -0.39 is 0 Å².